The van der Waals surface area contributed by atoms with Crippen molar-refractivity contribution in [3.63, 3.8) is 0 Å². The predicted octanol–water partition coefficient (Wildman–Crippen LogP) is 5.01. The zero-order valence-electron chi connectivity index (χ0n) is 17.2. The zero-order valence-corrected chi connectivity index (χ0v) is 18.1. The Hall–Kier alpha value is -2.80. The number of halogens is 13. The molecule has 0 bridgehead atoms. The average molecular weight is 574 g/mol. The Morgan fingerprint density at radius 2 is 1.28 bits per heavy atom. The predicted molar refractivity (Wildman–Crippen MR) is 93.0 cm³/mol. The molecule has 0 saturated heterocycles. The minimum atomic E-state index is -8.19. The summed E-state index contributed by atoms with van der Waals surface area (Å²) in [4.78, 5) is 34.4. The second-order valence-electron chi connectivity index (χ2n) is 6.67. The third-order valence-electron chi connectivity index (χ3n) is 4.30. The van der Waals surface area contributed by atoms with Crippen LogP contribution >= 0.6 is 11.3 Å². The van der Waals surface area contributed by atoms with Crippen molar-refractivity contribution in [3.05, 3.63) is 16.0 Å². The van der Waals surface area contributed by atoms with Crippen LogP contribution in [0.4, 0.5) is 62.1 Å². The van der Waals surface area contributed by atoms with Crippen LogP contribution in [0.1, 0.15) is 32.5 Å². The first-order chi connectivity index (χ1) is 15.8. The number of ether oxygens (including phenoxy) is 1. The van der Waals surface area contributed by atoms with Gasteiger partial charge >= 0.3 is 47.7 Å². The highest BCUT2D eigenvalue weighted by atomic mass is 32.1. The number of anilines is 1. The zero-order chi connectivity index (χ0) is 28.9. The Kier molecular flexibility index (Phi) is 8.03. The van der Waals surface area contributed by atoms with E-state index in [-0.39, 0.29) is 11.3 Å². The van der Waals surface area contributed by atoms with Crippen LogP contribution < -0.4 is 11.1 Å². The first-order valence-corrected chi connectivity index (χ1v) is 9.53. The van der Waals surface area contributed by atoms with Crippen LogP contribution in [0, 0.1) is 6.92 Å². The summed E-state index contributed by atoms with van der Waals surface area (Å²) in [6.45, 7) is 1.66. The van der Waals surface area contributed by atoms with Crippen LogP contribution in [-0.2, 0) is 9.53 Å². The Balaban J connectivity index is 3.60. The molecule has 206 valence electrons. The molecular weight excluding hydrogens is 563 g/mol. The van der Waals surface area contributed by atoms with Gasteiger partial charge in [0.2, 0.25) is 0 Å². The van der Waals surface area contributed by atoms with Gasteiger partial charge in [0.15, 0.2) is 0 Å². The normalized spacial score (nSPS) is 14.0. The summed E-state index contributed by atoms with van der Waals surface area (Å²) in [5.41, 5.74) is 3.43. The first kappa shape index (κ1) is 31.2. The van der Waals surface area contributed by atoms with Crippen molar-refractivity contribution in [1.82, 2.24) is 0 Å². The number of rotatable bonds is 9. The van der Waals surface area contributed by atoms with E-state index in [4.69, 9.17) is 5.73 Å². The highest BCUT2D eigenvalue weighted by Gasteiger charge is 2.91. The Bertz CT molecular complexity index is 1050. The summed E-state index contributed by atoms with van der Waals surface area (Å²) in [5.74, 6) is -45.9. The molecule has 0 unspecified atom stereocenters. The monoisotopic (exact) mass is 574 g/mol. The van der Waals surface area contributed by atoms with Crippen LogP contribution in [0.25, 0.3) is 0 Å². The lowest BCUT2D eigenvalue weighted by atomic mass is 9.93. The standard InChI is InChI=1S/C16H11F13N2O4S/c1-3-35-9(33)5-4(2)6(7(30)32)36-8(5)31-10(34)11(17,18)12(19,20)13(21,22)14(23,24)15(25,26)16(27,28)29/h3H2,1-2H3,(H2,30,32)(H,31,34). The summed E-state index contributed by atoms with van der Waals surface area (Å²) in [7, 11) is 0. The lowest BCUT2D eigenvalue weighted by molar-refractivity contribution is -0.435. The molecule has 0 saturated carbocycles. The molecule has 0 aliphatic carbocycles. The second-order valence-corrected chi connectivity index (χ2v) is 7.69. The average Bonchev–Trinajstić information content (AvgIpc) is 3.02. The van der Waals surface area contributed by atoms with Crippen molar-refractivity contribution in [3.8, 4) is 0 Å². The van der Waals surface area contributed by atoms with E-state index in [1.807, 2.05) is 0 Å². The fourth-order valence-corrected chi connectivity index (χ4v) is 3.42. The quantitative estimate of drug-likeness (QED) is 0.320. The number of hydrogen-bond acceptors (Lipinski definition) is 5. The summed E-state index contributed by atoms with van der Waals surface area (Å²) >= 11 is -0.166. The van der Waals surface area contributed by atoms with E-state index in [9.17, 15) is 71.5 Å². The van der Waals surface area contributed by atoms with Gasteiger partial charge in [0, 0.05) is 0 Å². The largest absolute Gasteiger partial charge is 0.462 e. The molecule has 20 heteroatoms. The van der Waals surface area contributed by atoms with Crippen molar-refractivity contribution in [2.45, 2.75) is 49.6 Å². The van der Waals surface area contributed by atoms with Gasteiger partial charge in [-0.2, -0.15) is 57.1 Å². The summed E-state index contributed by atoms with van der Waals surface area (Å²) < 4.78 is 176. The molecule has 1 rings (SSSR count). The molecule has 0 radical (unpaired) electrons. The van der Waals surface area contributed by atoms with Gasteiger partial charge in [-0.1, -0.05) is 0 Å². The third kappa shape index (κ3) is 4.54. The van der Waals surface area contributed by atoms with Gasteiger partial charge in [0.05, 0.1) is 17.0 Å². The number of thiophene rings is 1. The van der Waals surface area contributed by atoms with Crippen LogP contribution in [0.5, 0.6) is 0 Å². The van der Waals surface area contributed by atoms with E-state index < -0.39 is 81.2 Å². The summed E-state index contributed by atoms with van der Waals surface area (Å²) in [6, 6.07) is 0. The third-order valence-corrected chi connectivity index (χ3v) is 5.52. The number of nitrogens with one attached hydrogen (secondary N) is 1. The summed E-state index contributed by atoms with van der Waals surface area (Å²) in [6.07, 6.45) is -7.61. The SMILES string of the molecule is CCOC(=O)c1c(NC(=O)C(F)(F)C(F)(F)C(F)(F)C(F)(F)C(F)(F)C(F)(F)F)sc(C(N)=O)c1C. The molecule has 1 aromatic heterocycles. The maximum absolute atomic E-state index is 14.0. The lowest BCUT2D eigenvalue weighted by Crippen LogP contribution is -2.71. The van der Waals surface area contributed by atoms with Crippen LogP contribution in [-0.4, -0.2) is 60.2 Å². The smallest absolute Gasteiger partial charge is 0.460 e. The number of alkyl halides is 13. The van der Waals surface area contributed by atoms with E-state index in [0.29, 0.717) is 0 Å². The molecule has 6 nitrogen and oxygen atoms in total. The van der Waals surface area contributed by atoms with Gasteiger partial charge in [-0.25, -0.2) is 4.79 Å². The first-order valence-electron chi connectivity index (χ1n) is 8.72. The van der Waals surface area contributed by atoms with Gasteiger partial charge in [0.25, 0.3) is 5.91 Å². The number of carbonyl (C=O) groups is 3. The second kappa shape index (κ2) is 9.25. The van der Waals surface area contributed by atoms with E-state index >= 15 is 0 Å². The number of esters is 1. The van der Waals surface area contributed by atoms with Crippen molar-refractivity contribution in [1.29, 1.82) is 0 Å². The van der Waals surface area contributed by atoms with Gasteiger partial charge in [-0.3, -0.25) is 9.59 Å². The Labute approximate surface area is 194 Å². The number of amides is 2. The van der Waals surface area contributed by atoms with Crippen LogP contribution in [0.3, 0.4) is 0 Å². The van der Waals surface area contributed by atoms with Crippen molar-refractivity contribution in [2.24, 2.45) is 5.73 Å². The van der Waals surface area contributed by atoms with Gasteiger partial charge in [-0.15, -0.1) is 11.3 Å². The van der Waals surface area contributed by atoms with Gasteiger partial charge < -0.3 is 15.8 Å². The maximum Gasteiger partial charge on any atom is 0.460 e. The molecular formula is C16H11F13N2O4S. The molecule has 3 N–H and O–H groups in total. The molecule has 0 atom stereocenters. The number of nitrogens with two attached hydrogens (primary N) is 1. The Morgan fingerprint density at radius 1 is 0.833 bits per heavy atom. The van der Waals surface area contributed by atoms with Crippen LogP contribution in [0.2, 0.25) is 0 Å². The maximum atomic E-state index is 14.0. The molecule has 1 aromatic rings. The van der Waals surface area contributed by atoms with E-state index in [1.165, 1.54) is 6.92 Å². The van der Waals surface area contributed by atoms with Crippen molar-refractivity contribution in [2.75, 3.05) is 11.9 Å². The molecule has 1 heterocycles. The van der Waals surface area contributed by atoms with Gasteiger partial charge in [0.1, 0.15) is 5.00 Å². The molecule has 36 heavy (non-hydrogen) atoms. The van der Waals surface area contributed by atoms with E-state index in [2.05, 4.69) is 4.74 Å². The number of primary amides is 1. The molecule has 0 aliphatic rings. The van der Waals surface area contributed by atoms with Gasteiger partial charge in [-0.05, 0) is 19.4 Å². The topological polar surface area (TPSA) is 98.5 Å². The number of carbonyl (C=O) groups excluding carboxylic acids is 3. The summed E-state index contributed by atoms with van der Waals surface area (Å²) in [5, 5.41) is -0.524. The highest BCUT2D eigenvalue weighted by Crippen LogP contribution is 2.60. The van der Waals surface area contributed by atoms with E-state index in [1.54, 1.807) is 0 Å². The minimum absolute atomic E-state index is 0.166. The molecule has 0 aliphatic heterocycles. The van der Waals surface area contributed by atoms with Crippen LogP contribution in [0.15, 0.2) is 0 Å². The molecule has 2 amide bonds. The molecule has 0 aromatic carbocycles. The Morgan fingerprint density at radius 3 is 1.67 bits per heavy atom. The van der Waals surface area contributed by atoms with Crippen molar-refractivity contribution >= 4 is 34.1 Å². The van der Waals surface area contributed by atoms with Crippen molar-refractivity contribution < 1.29 is 76.2 Å². The highest BCUT2D eigenvalue weighted by molar-refractivity contribution is 7.18. The van der Waals surface area contributed by atoms with E-state index in [0.717, 1.165) is 12.2 Å². The fraction of sp³-hybridized carbons (Fsp3) is 0.562. The number of hydrogen-bond donors (Lipinski definition) is 2. The lowest BCUT2D eigenvalue weighted by Gasteiger charge is -2.39. The fourth-order valence-electron chi connectivity index (χ4n) is 2.38. The molecule has 0 fully saturated rings. The molecule has 0 spiro atoms. The minimum Gasteiger partial charge on any atom is -0.462 e.